The van der Waals surface area contributed by atoms with Gasteiger partial charge < -0.3 is 13.3 Å². The normalized spacial score (nSPS) is 13.1. The first-order valence-electron chi connectivity index (χ1n) is 6.93. The molecule has 0 heterocycles. The number of carbonyl (C=O) groups is 1. The van der Waals surface area contributed by atoms with E-state index in [1.165, 1.54) is 27.1 Å². The van der Waals surface area contributed by atoms with Crippen LogP contribution in [0.2, 0.25) is 6.55 Å². The number of hydrogen-bond donors (Lipinski definition) is 0. The maximum absolute atomic E-state index is 12.0. The summed E-state index contributed by atoms with van der Waals surface area (Å²) in [4.78, 5) is 12.0. The van der Waals surface area contributed by atoms with Gasteiger partial charge in [0.25, 0.3) is 0 Å². The van der Waals surface area contributed by atoms with Crippen LogP contribution in [0.5, 0.6) is 0 Å². The molecule has 112 valence electrons. The Kier molecular flexibility index (Phi) is 8.96. The van der Waals surface area contributed by atoms with E-state index < -0.39 is 14.8 Å². The summed E-state index contributed by atoms with van der Waals surface area (Å²) in [6.07, 6.45) is 5.22. The molecule has 19 heavy (non-hydrogen) atoms. The molecule has 0 aliphatic rings. The van der Waals surface area contributed by atoms with Crippen molar-refractivity contribution in [1.29, 1.82) is 0 Å². The molecule has 0 bridgehead atoms. The Bertz CT molecular complexity index is 287. The van der Waals surface area contributed by atoms with E-state index in [-0.39, 0.29) is 0 Å². The highest BCUT2D eigenvalue weighted by Crippen LogP contribution is 2.22. The van der Waals surface area contributed by atoms with E-state index in [1.54, 1.807) is 6.55 Å². The third kappa shape index (κ3) is 6.89. The predicted molar refractivity (Wildman–Crippen MR) is 78.8 cm³/mol. The third-order valence-corrected chi connectivity index (χ3v) is 5.43. The maximum atomic E-state index is 12.0. The van der Waals surface area contributed by atoms with E-state index in [0.717, 1.165) is 12.8 Å². The zero-order chi connectivity index (χ0) is 14.9. The summed E-state index contributed by atoms with van der Waals surface area (Å²) in [7, 11) is 0.156. The smallest absolute Gasteiger partial charge is 0.470 e. The molecule has 0 saturated heterocycles. The average molecular weight is 288 g/mol. The highest BCUT2D eigenvalue weighted by molar-refractivity contribution is 6.61. The van der Waals surface area contributed by atoms with Crippen LogP contribution >= 0.6 is 0 Å². The lowest BCUT2D eigenvalue weighted by Gasteiger charge is -2.23. The fourth-order valence-corrected chi connectivity index (χ4v) is 2.60. The van der Waals surface area contributed by atoms with Gasteiger partial charge in [-0.15, -0.1) is 0 Å². The van der Waals surface area contributed by atoms with Gasteiger partial charge in [0.2, 0.25) is 0 Å². The molecule has 0 rings (SSSR count). The molecule has 0 aromatic rings. The van der Waals surface area contributed by atoms with Crippen LogP contribution in [0.15, 0.2) is 12.2 Å². The molecule has 0 amide bonds. The van der Waals surface area contributed by atoms with Crippen LogP contribution in [0, 0.1) is 5.92 Å². The Morgan fingerprint density at radius 2 is 1.84 bits per heavy atom. The lowest BCUT2D eigenvalue weighted by atomic mass is 9.92. The highest BCUT2D eigenvalue weighted by Gasteiger charge is 2.37. The van der Waals surface area contributed by atoms with Crippen molar-refractivity contribution in [2.45, 2.75) is 52.5 Å². The second-order valence-corrected chi connectivity index (χ2v) is 7.63. The summed E-state index contributed by atoms with van der Waals surface area (Å²) >= 11 is 0. The molecule has 0 aromatic carbocycles. The summed E-state index contributed by atoms with van der Waals surface area (Å²) in [5, 5.41) is 0. The second-order valence-electron chi connectivity index (χ2n) is 4.88. The average Bonchev–Trinajstić information content (AvgIpc) is 2.42. The van der Waals surface area contributed by atoms with Crippen LogP contribution in [-0.4, -0.2) is 29.0 Å². The molecular formula is C14H28O4Si. The predicted octanol–water partition coefficient (Wildman–Crippen LogP) is 3.55. The Hall–Kier alpha value is -0.653. The van der Waals surface area contributed by atoms with Crippen LogP contribution < -0.4 is 0 Å². The molecule has 0 fully saturated rings. The second kappa shape index (κ2) is 9.28. The van der Waals surface area contributed by atoms with Crippen LogP contribution in [0.25, 0.3) is 0 Å². The van der Waals surface area contributed by atoms with Crippen molar-refractivity contribution in [2.75, 3.05) is 14.2 Å². The molecule has 5 heteroatoms. The first kappa shape index (κ1) is 18.3. The van der Waals surface area contributed by atoms with Gasteiger partial charge in [-0.3, -0.25) is 0 Å². The first-order chi connectivity index (χ1) is 8.92. The standard InChI is InChI=1S/C14H28O4Si/c1-7-9-10-13(8-2)11-12(3)14(15)18-19(6,16-4)17-5/h13H,3,7-11H2,1-2,4-6H3. The molecule has 0 radical (unpaired) electrons. The summed E-state index contributed by atoms with van der Waals surface area (Å²) in [6, 6.07) is 0. The molecule has 1 atom stereocenters. The Morgan fingerprint density at radius 3 is 2.26 bits per heavy atom. The Balaban J connectivity index is 4.36. The maximum Gasteiger partial charge on any atom is 0.564 e. The zero-order valence-electron chi connectivity index (χ0n) is 13.0. The molecular weight excluding hydrogens is 260 g/mol. The van der Waals surface area contributed by atoms with Crippen LogP contribution in [0.3, 0.4) is 0 Å². The van der Waals surface area contributed by atoms with E-state index in [1.807, 2.05) is 0 Å². The van der Waals surface area contributed by atoms with Gasteiger partial charge in [0.15, 0.2) is 0 Å². The van der Waals surface area contributed by atoms with Gasteiger partial charge >= 0.3 is 14.8 Å². The van der Waals surface area contributed by atoms with Gasteiger partial charge in [-0.1, -0.05) is 46.1 Å². The molecule has 0 aliphatic carbocycles. The summed E-state index contributed by atoms with van der Waals surface area (Å²) in [5.41, 5.74) is 0.510. The van der Waals surface area contributed by atoms with Crippen molar-refractivity contribution in [3.63, 3.8) is 0 Å². The minimum atomic E-state index is -2.82. The number of carbonyl (C=O) groups excluding carboxylic acids is 1. The topological polar surface area (TPSA) is 44.8 Å². The van der Waals surface area contributed by atoms with Crippen molar-refractivity contribution in [2.24, 2.45) is 5.92 Å². The van der Waals surface area contributed by atoms with Crippen molar-refractivity contribution in [1.82, 2.24) is 0 Å². The van der Waals surface area contributed by atoms with Crippen LogP contribution in [0.4, 0.5) is 0 Å². The van der Waals surface area contributed by atoms with Crippen molar-refractivity contribution in [3.05, 3.63) is 12.2 Å². The molecule has 0 N–H and O–H groups in total. The largest absolute Gasteiger partial charge is 0.564 e. The van der Waals surface area contributed by atoms with Gasteiger partial charge in [0.1, 0.15) is 0 Å². The monoisotopic (exact) mass is 288 g/mol. The summed E-state index contributed by atoms with van der Waals surface area (Å²) in [5.74, 6) is 0.103. The zero-order valence-corrected chi connectivity index (χ0v) is 14.0. The molecule has 0 aliphatic heterocycles. The first-order valence-corrected chi connectivity index (χ1v) is 9.16. The number of rotatable bonds is 10. The van der Waals surface area contributed by atoms with E-state index in [9.17, 15) is 4.79 Å². The van der Waals surface area contributed by atoms with Gasteiger partial charge in [-0.2, -0.15) is 0 Å². The fourth-order valence-electron chi connectivity index (χ4n) is 1.78. The Labute approximate surface area is 118 Å². The number of hydrogen-bond acceptors (Lipinski definition) is 4. The molecule has 0 saturated carbocycles. The minimum absolute atomic E-state index is 0.396. The molecule has 1 unspecified atom stereocenters. The van der Waals surface area contributed by atoms with Gasteiger partial charge in [-0.05, 0) is 12.3 Å². The molecule has 4 nitrogen and oxygen atoms in total. The lowest BCUT2D eigenvalue weighted by Crippen LogP contribution is -2.42. The van der Waals surface area contributed by atoms with Crippen molar-refractivity contribution >= 4 is 14.8 Å². The highest BCUT2D eigenvalue weighted by atomic mass is 28.4. The minimum Gasteiger partial charge on any atom is -0.470 e. The van der Waals surface area contributed by atoms with E-state index >= 15 is 0 Å². The third-order valence-electron chi connectivity index (χ3n) is 3.39. The van der Waals surface area contributed by atoms with E-state index in [4.69, 9.17) is 13.3 Å². The molecule has 0 spiro atoms. The van der Waals surface area contributed by atoms with E-state index in [2.05, 4.69) is 20.4 Å². The fraction of sp³-hybridized carbons (Fsp3) is 0.786. The van der Waals surface area contributed by atoms with Gasteiger partial charge in [0, 0.05) is 26.3 Å². The van der Waals surface area contributed by atoms with Gasteiger partial charge in [0.05, 0.1) is 0 Å². The Morgan fingerprint density at radius 1 is 1.26 bits per heavy atom. The van der Waals surface area contributed by atoms with Gasteiger partial charge in [-0.25, -0.2) is 4.79 Å². The summed E-state index contributed by atoms with van der Waals surface area (Å²) in [6.45, 7) is 9.84. The lowest BCUT2D eigenvalue weighted by molar-refractivity contribution is -0.134. The van der Waals surface area contributed by atoms with Crippen molar-refractivity contribution in [3.8, 4) is 0 Å². The van der Waals surface area contributed by atoms with Crippen LogP contribution in [-0.2, 0) is 18.1 Å². The quantitative estimate of drug-likeness (QED) is 0.455. The SMILES string of the molecule is C=C(CC(CC)CCCC)C(=O)O[Si](C)(OC)OC. The van der Waals surface area contributed by atoms with Crippen LogP contribution in [0.1, 0.15) is 46.0 Å². The summed E-state index contributed by atoms with van der Waals surface area (Å²) < 4.78 is 15.6. The van der Waals surface area contributed by atoms with Crippen molar-refractivity contribution < 1.29 is 18.1 Å². The van der Waals surface area contributed by atoms with E-state index in [0.29, 0.717) is 17.9 Å². The number of unbranched alkanes of at least 4 members (excludes halogenated alkanes) is 1. The molecule has 0 aromatic heterocycles.